The van der Waals surface area contributed by atoms with Gasteiger partial charge >= 0.3 is 0 Å². The Morgan fingerprint density at radius 2 is 1.71 bits per heavy atom. The van der Waals surface area contributed by atoms with Crippen molar-refractivity contribution >= 4 is 17.5 Å². The molecule has 1 aliphatic rings. The number of rotatable bonds is 4. The molecule has 0 saturated carbocycles. The van der Waals surface area contributed by atoms with E-state index in [1.807, 2.05) is 43.3 Å². The van der Waals surface area contributed by atoms with Gasteiger partial charge in [-0.1, -0.05) is 41.4 Å². The van der Waals surface area contributed by atoms with Crippen molar-refractivity contribution in [3.63, 3.8) is 0 Å². The second-order valence-corrected chi connectivity index (χ2v) is 6.95. The number of carbonyl (C=O) groups excluding carboxylic acids is 1. The molecule has 0 atom stereocenters. The summed E-state index contributed by atoms with van der Waals surface area (Å²) in [7, 11) is 0. The molecule has 1 amide bonds. The Morgan fingerprint density at radius 1 is 1.08 bits per heavy atom. The van der Waals surface area contributed by atoms with E-state index in [2.05, 4.69) is 22.3 Å². The summed E-state index contributed by atoms with van der Waals surface area (Å²) in [6, 6.07) is 16.0. The van der Waals surface area contributed by atoms with Gasteiger partial charge in [0.25, 0.3) is 5.91 Å². The summed E-state index contributed by atoms with van der Waals surface area (Å²) in [6.07, 6.45) is 1.98. The number of hydrogen-bond donors (Lipinski definition) is 1. The van der Waals surface area contributed by atoms with Crippen LogP contribution in [0.15, 0.2) is 48.5 Å². The molecule has 0 radical (unpaired) electrons. The second kappa shape index (κ2) is 7.82. The third kappa shape index (κ3) is 4.59. The van der Waals surface area contributed by atoms with Crippen molar-refractivity contribution in [2.45, 2.75) is 32.4 Å². The van der Waals surface area contributed by atoms with Gasteiger partial charge in [0.1, 0.15) is 0 Å². The zero-order chi connectivity index (χ0) is 16.9. The average molecular weight is 343 g/mol. The summed E-state index contributed by atoms with van der Waals surface area (Å²) < 4.78 is 0. The highest BCUT2D eigenvalue weighted by molar-refractivity contribution is 6.30. The van der Waals surface area contributed by atoms with Gasteiger partial charge in [-0.2, -0.15) is 0 Å². The van der Waals surface area contributed by atoms with Crippen LogP contribution in [0.1, 0.15) is 34.3 Å². The van der Waals surface area contributed by atoms with Crippen molar-refractivity contribution in [1.82, 2.24) is 10.2 Å². The predicted molar refractivity (Wildman–Crippen MR) is 98.4 cm³/mol. The van der Waals surface area contributed by atoms with E-state index >= 15 is 0 Å². The van der Waals surface area contributed by atoms with Gasteiger partial charge in [-0.05, 0) is 49.6 Å². The van der Waals surface area contributed by atoms with Gasteiger partial charge in [-0.15, -0.1) is 0 Å². The normalized spacial score (nSPS) is 16.1. The van der Waals surface area contributed by atoms with Gasteiger partial charge in [0.2, 0.25) is 0 Å². The van der Waals surface area contributed by atoms with E-state index in [1.165, 1.54) is 11.1 Å². The number of likely N-dealkylation sites (tertiary alicyclic amines) is 1. The van der Waals surface area contributed by atoms with E-state index < -0.39 is 0 Å². The van der Waals surface area contributed by atoms with Crippen molar-refractivity contribution in [2.24, 2.45) is 0 Å². The van der Waals surface area contributed by atoms with Crippen LogP contribution in [0.2, 0.25) is 5.02 Å². The molecule has 0 spiro atoms. The number of hydrogen-bond acceptors (Lipinski definition) is 2. The van der Waals surface area contributed by atoms with Gasteiger partial charge in [-0.3, -0.25) is 9.69 Å². The molecule has 1 heterocycles. The predicted octanol–water partition coefficient (Wildman–Crippen LogP) is 4.04. The molecular weight excluding hydrogens is 320 g/mol. The lowest BCUT2D eigenvalue weighted by Gasteiger charge is -2.32. The Hall–Kier alpha value is -1.84. The van der Waals surface area contributed by atoms with Crippen LogP contribution in [-0.4, -0.2) is 29.9 Å². The lowest BCUT2D eigenvalue weighted by Crippen LogP contribution is -2.44. The average Bonchev–Trinajstić information content (AvgIpc) is 2.59. The lowest BCUT2D eigenvalue weighted by molar-refractivity contribution is 0.0909. The number of aryl methyl sites for hydroxylation is 1. The van der Waals surface area contributed by atoms with Crippen LogP contribution in [-0.2, 0) is 6.54 Å². The maximum atomic E-state index is 12.3. The first-order chi connectivity index (χ1) is 11.6. The first kappa shape index (κ1) is 17.0. The van der Waals surface area contributed by atoms with E-state index in [0.29, 0.717) is 0 Å². The van der Waals surface area contributed by atoms with Crippen LogP contribution in [0.25, 0.3) is 0 Å². The summed E-state index contributed by atoms with van der Waals surface area (Å²) in [4.78, 5) is 14.7. The third-order valence-electron chi connectivity index (χ3n) is 4.56. The molecule has 1 aliphatic heterocycles. The van der Waals surface area contributed by atoms with Crippen LogP contribution in [0, 0.1) is 6.92 Å². The molecule has 126 valence electrons. The molecule has 3 rings (SSSR count). The van der Waals surface area contributed by atoms with Gasteiger partial charge < -0.3 is 5.32 Å². The highest BCUT2D eigenvalue weighted by Gasteiger charge is 2.21. The summed E-state index contributed by atoms with van der Waals surface area (Å²) >= 11 is 5.93. The molecule has 1 N–H and O–H groups in total. The fourth-order valence-electron chi connectivity index (χ4n) is 3.06. The van der Waals surface area contributed by atoms with Crippen molar-refractivity contribution < 1.29 is 4.79 Å². The van der Waals surface area contributed by atoms with Gasteiger partial charge in [-0.25, -0.2) is 0 Å². The van der Waals surface area contributed by atoms with Crippen LogP contribution in [0.5, 0.6) is 0 Å². The SMILES string of the molecule is Cc1ccc(C(=O)NC2CCN(Cc3ccc(Cl)cc3)CC2)cc1. The smallest absolute Gasteiger partial charge is 0.251 e. The molecular formula is C20H23ClN2O. The Balaban J connectivity index is 1.47. The number of nitrogens with zero attached hydrogens (tertiary/aromatic N) is 1. The number of piperidine rings is 1. The Labute approximate surface area is 148 Å². The van der Waals surface area contributed by atoms with Crippen LogP contribution < -0.4 is 5.32 Å². The van der Waals surface area contributed by atoms with Gasteiger partial charge in [0.05, 0.1) is 0 Å². The minimum atomic E-state index is 0.0335. The molecule has 2 aromatic carbocycles. The monoisotopic (exact) mass is 342 g/mol. The Morgan fingerprint density at radius 3 is 2.33 bits per heavy atom. The van der Waals surface area contributed by atoms with E-state index in [4.69, 9.17) is 11.6 Å². The maximum absolute atomic E-state index is 12.3. The highest BCUT2D eigenvalue weighted by Crippen LogP contribution is 2.16. The summed E-state index contributed by atoms with van der Waals surface area (Å²) in [5.41, 5.74) is 3.19. The van der Waals surface area contributed by atoms with E-state index in [-0.39, 0.29) is 11.9 Å². The fourth-order valence-corrected chi connectivity index (χ4v) is 3.18. The first-order valence-corrected chi connectivity index (χ1v) is 8.82. The van der Waals surface area contributed by atoms with E-state index in [0.717, 1.165) is 43.1 Å². The zero-order valence-corrected chi connectivity index (χ0v) is 14.7. The van der Waals surface area contributed by atoms with Crippen LogP contribution in [0.3, 0.4) is 0 Å². The number of amides is 1. The molecule has 3 nitrogen and oxygen atoms in total. The standard InChI is InChI=1S/C20H23ClN2O/c1-15-2-6-17(7-3-15)20(24)22-19-10-12-23(13-11-19)14-16-4-8-18(21)9-5-16/h2-9,19H,10-14H2,1H3,(H,22,24). The quantitative estimate of drug-likeness (QED) is 0.909. The maximum Gasteiger partial charge on any atom is 0.251 e. The Bertz CT molecular complexity index is 674. The topological polar surface area (TPSA) is 32.3 Å². The van der Waals surface area contributed by atoms with Crippen molar-refractivity contribution in [2.75, 3.05) is 13.1 Å². The largest absolute Gasteiger partial charge is 0.349 e. The number of benzene rings is 2. The minimum Gasteiger partial charge on any atom is -0.349 e. The van der Waals surface area contributed by atoms with Crippen LogP contribution in [0.4, 0.5) is 0 Å². The Kier molecular flexibility index (Phi) is 5.54. The molecule has 1 saturated heterocycles. The van der Waals surface area contributed by atoms with Gasteiger partial charge in [0.15, 0.2) is 0 Å². The first-order valence-electron chi connectivity index (χ1n) is 8.44. The van der Waals surface area contributed by atoms with Crippen molar-refractivity contribution in [1.29, 1.82) is 0 Å². The molecule has 2 aromatic rings. The lowest BCUT2D eigenvalue weighted by atomic mass is 10.0. The molecule has 0 aromatic heterocycles. The highest BCUT2D eigenvalue weighted by atomic mass is 35.5. The molecule has 24 heavy (non-hydrogen) atoms. The third-order valence-corrected chi connectivity index (χ3v) is 4.81. The number of carbonyl (C=O) groups is 1. The molecule has 4 heteroatoms. The molecule has 1 fully saturated rings. The molecule has 0 aliphatic carbocycles. The minimum absolute atomic E-state index is 0.0335. The van der Waals surface area contributed by atoms with Gasteiger partial charge in [0, 0.05) is 36.3 Å². The van der Waals surface area contributed by atoms with Crippen molar-refractivity contribution in [3.05, 3.63) is 70.2 Å². The second-order valence-electron chi connectivity index (χ2n) is 6.52. The number of nitrogens with one attached hydrogen (secondary N) is 1. The summed E-state index contributed by atoms with van der Waals surface area (Å²) in [5, 5.41) is 3.94. The number of halogens is 1. The van der Waals surface area contributed by atoms with Crippen LogP contribution >= 0.6 is 11.6 Å². The zero-order valence-electron chi connectivity index (χ0n) is 14.0. The molecule has 0 unspecified atom stereocenters. The summed E-state index contributed by atoms with van der Waals surface area (Å²) in [5.74, 6) is 0.0335. The molecule has 0 bridgehead atoms. The summed E-state index contributed by atoms with van der Waals surface area (Å²) in [6.45, 7) is 4.97. The van der Waals surface area contributed by atoms with Crippen molar-refractivity contribution in [3.8, 4) is 0 Å². The van der Waals surface area contributed by atoms with E-state index in [1.54, 1.807) is 0 Å². The van der Waals surface area contributed by atoms with E-state index in [9.17, 15) is 4.79 Å². The fraction of sp³-hybridized carbons (Fsp3) is 0.350.